The number of likely N-dealkylation sites (N-methyl/N-ethyl adjacent to an activating group) is 1. The molecule has 0 saturated heterocycles. The highest BCUT2D eigenvalue weighted by Crippen LogP contribution is 2.39. The lowest BCUT2D eigenvalue weighted by molar-refractivity contribution is 0.0731. The monoisotopic (exact) mass is 372 g/mol. The Bertz CT molecular complexity index is 776. The molecule has 2 aliphatic rings. The van der Waals surface area contributed by atoms with Gasteiger partial charge in [0.1, 0.15) is 0 Å². The van der Waals surface area contributed by atoms with Gasteiger partial charge in [0, 0.05) is 35.6 Å². The molecule has 1 aromatic heterocycles. The van der Waals surface area contributed by atoms with Crippen molar-refractivity contribution in [2.75, 3.05) is 40.0 Å². The molecular weight excluding hydrogens is 348 g/mol. The topological polar surface area (TPSA) is 42.0 Å². The molecule has 0 saturated carbocycles. The number of carbonyl (C=O) groups excluding carboxylic acids is 1. The number of thiophene rings is 1. The summed E-state index contributed by atoms with van der Waals surface area (Å²) < 4.78 is 11.0. The quantitative estimate of drug-likeness (QED) is 0.749. The first-order valence-corrected chi connectivity index (χ1v) is 10.0. The predicted octanol–water partition coefficient (Wildman–Crippen LogP) is 3.04. The first-order valence-electron chi connectivity index (χ1n) is 9.14. The molecule has 0 aliphatic carbocycles. The molecule has 0 spiro atoms. The average Bonchev–Trinajstić information content (AvgIpc) is 3.33. The molecule has 3 heterocycles. The minimum Gasteiger partial charge on any atom is -0.454 e. The van der Waals surface area contributed by atoms with E-state index in [0.717, 1.165) is 68.1 Å². The molecule has 2 aromatic rings. The van der Waals surface area contributed by atoms with E-state index < -0.39 is 0 Å². The van der Waals surface area contributed by atoms with Crippen LogP contribution in [0.5, 0.6) is 11.5 Å². The Balaban J connectivity index is 1.28. The van der Waals surface area contributed by atoms with Gasteiger partial charge >= 0.3 is 0 Å². The maximum absolute atomic E-state index is 12.8. The number of fused-ring (bicyclic) bond motifs is 3. The summed E-state index contributed by atoms with van der Waals surface area (Å²) in [7, 11) is 2.15. The van der Waals surface area contributed by atoms with Crippen LogP contribution in [0.1, 0.15) is 27.2 Å². The minimum atomic E-state index is 0.116. The molecule has 26 heavy (non-hydrogen) atoms. The van der Waals surface area contributed by atoms with Crippen molar-refractivity contribution in [1.29, 1.82) is 0 Å². The van der Waals surface area contributed by atoms with Crippen LogP contribution in [0, 0.1) is 0 Å². The van der Waals surface area contributed by atoms with E-state index in [1.165, 1.54) is 4.88 Å². The third-order valence-corrected chi connectivity index (χ3v) is 6.02. The van der Waals surface area contributed by atoms with Gasteiger partial charge < -0.3 is 19.3 Å². The van der Waals surface area contributed by atoms with Gasteiger partial charge in [0.15, 0.2) is 11.5 Å². The van der Waals surface area contributed by atoms with E-state index in [1.807, 2.05) is 28.4 Å². The molecule has 0 bridgehead atoms. The van der Waals surface area contributed by atoms with Crippen molar-refractivity contribution in [3.05, 3.63) is 45.6 Å². The van der Waals surface area contributed by atoms with Gasteiger partial charge in [-0.25, -0.2) is 0 Å². The Hall–Kier alpha value is -2.05. The lowest BCUT2D eigenvalue weighted by atomic mass is 9.97. The summed E-state index contributed by atoms with van der Waals surface area (Å²) in [6.45, 7) is 3.87. The van der Waals surface area contributed by atoms with Crippen LogP contribution >= 0.6 is 11.3 Å². The number of amides is 1. The van der Waals surface area contributed by atoms with E-state index in [2.05, 4.69) is 29.5 Å². The Morgan fingerprint density at radius 1 is 1.23 bits per heavy atom. The molecule has 0 radical (unpaired) electrons. The maximum atomic E-state index is 12.8. The summed E-state index contributed by atoms with van der Waals surface area (Å²) in [6, 6.07) is 8.02. The molecule has 0 atom stereocenters. The highest BCUT2D eigenvalue weighted by molar-refractivity contribution is 7.09. The van der Waals surface area contributed by atoms with Crippen molar-refractivity contribution >= 4 is 17.2 Å². The molecule has 6 heteroatoms. The van der Waals surface area contributed by atoms with Crippen molar-refractivity contribution in [3.8, 4) is 11.5 Å². The van der Waals surface area contributed by atoms with E-state index >= 15 is 0 Å². The van der Waals surface area contributed by atoms with Gasteiger partial charge in [0.25, 0.3) is 5.91 Å². The summed E-state index contributed by atoms with van der Waals surface area (Å²) in [5.41, 5.74) is 1.78. The van der Waals surface area contributed by atoms with Crippen LogP contribution in [0.2, 0.25) is 0 Å². The fraction of sp³-hybridized carbons (Fsp3) is 0.450. The second kappa shape index (κ2) is 7.68. The number of rotatable bonds is 7. The van der Waals surface area contributed by atoms with Crippen molar-refractivity contribution in [1.82, 2.24) is 9.80 Å². The first kappa shape index (κ1) is 17.4. The zero-order chi connectivity index (χ0) is 17.9. The number of hydrogen-bond donors (Lipinski definition) is 0. The summed E-state index contributed by atoms with van der Waals surface area (Å²) >= 11 is 1.81. The van der Waals surface area contributed by atoms with Crippen LogP contribution < -0.4 is 9.47 Å². The summed E-state index contributed by atoms with van der Waals surface area (Å²) in [5, 5.41) is 2.13. The van der Waals surface area contributed by atoms with Crippen molar-refractivity contribution in [2.24, 2.45) is 0 Å². The molecule has 4 rings (SSSR count). The zero-order valence-electron chi connectivity index (χ0n) is 15.1. The Morgan fingerprint density at radius 3 is 3.00 bits per heavy atom. The molecule has 1 aromatic carbocycles. The van der Waals surface area contributed by atoms with E-state index in [1.54, 1.807) is 0 Å². The molecule has 0 fully saturated rings. The third kappa shape index (κ3) is 3.57. The standard InChI is InChI=1S/C20H24N2O3S/c1-21(11-7-15-4-2-13-26-15)9-3-10-22-12-8-16-17(20(22)23)5-6-18-19(16)25-14-24-18/h2,4-6,13H,3,7-12,14H2,1H3. The smallest absolute Gasteiger partial charge is 0.254 e. The lowest BCUT2D eigenvalue weighted by Gasteiger charge is -2.29. The van der Waals surface area contributed by atoms with Gasteiger partial charge in [0.05, 0.1) is 0 Å². The van der Waals surface area contributed by atoms with Crippen molar-refractivity contribution in [2.45, 2.75) is 19.3 Å². The maximum Gasteiger partial charge on any atom is 0.254 e. The summed E-state index contributed by atoms with van der Waals surface area (Å²) in [4.78, 5) is 18.5. The van der Waals surface area contributed by atoms with E-state index in [-0.39, 0.29) is 12.7 Å². The molecule has 0 unspecified atom stereocenters. The Kier molecular flexibility index (Phi) is 5.13. The van der Waals surface area contributed by atoms with Crippen LogP contribution in [-0.2, 0) is 12.8 Å². The summed E-state index contributed by atoms with van der Waals surface area (Å²) in [6.07, 6.45) is 2.92. The zero-order valence-corrected chi connectivity index (χ0v) is 15.9. The number of nitrogens with zero attached hydrogens (tertiary/aromatic N) is 2. The van der Waals surface area contributed by atoms with Crippen LogP contribution in [-0.4, -0.2) is 55.7 Å². The largest absolute Gasteiger partial charge is 0.454 e. The Labute approximate surface area is 158 Å². The highest BCUT2D eigenvalue weighted by atomic mass is 32.1. The van der Waals surface area contributed by atoms with Gasteiger partial charge in [-0.15, -0.1) is 11.3 Å². The predicted molar refractivity (Wildman–Crippen MR) is 102 cm³/mol. The highest BCUT2D eigenvalue weighted by Gasteiger charge is 2.30. The van der Waals surface area contributed by atoms with Gasteiger partial charge in [-0.1, -0.05) is 6.07 Å². The second-order valence-corrected chi connectivity index (χ2v) is 7.89. The SMILES string of the molecule is CN(CCCN1CCc2c(ccc3c2OCO3)C1=O)CCc1cccs1. The van der Waals surface area contributed by atoms with Crippen LogP contribution in [0.3, 0.4) is 0 Å². The number of ether oxygens (including phenoxy) is 2. The van der Waals surface area contributed by atoms with E-state index in [4.69, 9.17) is 9.47 Å². The summed E-state index contributed by atoms with van der Waals surface area (Å²) in [5.74, 6) is 1.65. The number of hydrogen-bond acceptors (Lipinski definition) is 5. The van der Waals surface area contributed by atoms with Crippen molar-refractivity contribution in [3.63, 3.8) is 0 Å². The molecule has 138 valence electrons. The van der Waals surface area contributed by atoms with Crippen LogP contribution in [0.25, 0.3) is 0 Å². The third-order valence-electron chi connectivity index (χ3n) is 5.08. The molecule has 2 aliphatic heterocycles. The van der Waals surface area contributed by atoms with Crippen molar-refractivity contribution < 1.29 is 14.3 Å². The normalized spacial score (nSPS) is 15.6. The van der Waals surface area contributed by atoms with Gasteiger partial charge in [0.2, 0.25) is 6.79 Å². The fourth-order valence-corrected chi connectivity index (χ4v) is 4.31. The number of benzene rings is 1. The van der Waals surface area contributed by atoms with Crippen LogP contribution in [0.15, 0.2) is 29.6 Å². The first-order chi connectivity index (χ1) is 12.7. The van der Waals surface area contributed by atoms with E-state index in [0.29, 0.717) is 0 Å². The fourth-order valence-electron chi connectivity index (χ4n) is 3.61. The van der Waals surface area contributed by atoms with Crippen LogP contribution in [0.4, 0.5) is 0 Å². The molecule has 0 N–H and O–H groups in total. The lowest BCUT2D eigenvalue weighted by Crippen LogP contribution is -2.39. The van der Waals surface area contributed by atoms with E-state index in [9.17, 15) is 4.79 Å². The minimum absolute atomic E-state index is 0.116. The number of carbonyl (C=O) groups is 1. The molecular formula is C20H24N2O3S. The second-order valence-electron chi connectivity index (χ2n) is 6.85. The van der Waals surface area contributed by atoms with Gasteiger partial charge in [-0.05, 0) is 56.4 Å². The van der Waals surface area contributed by atoms with Gasteiger partial charge in [-0.3, -0.25) is 4.79 Å². The Morgan fingerprint density at radius 2 is 2.15 bits per heavy atom. The molecule has 5 nitrogen and oxygen atoms in total. The average molecular weight is 372 g/mol. The molecule has 1 amide bonds. The van der Waals surface area contributed by atoms with Gasteiger partial charge in [-0.2, -0.15) is 0 Å².